The Hall–Kier alpha value is -1.30. The quantitative estimate of drug-likeness (QED) is 0.741. The molecule has 1 aliphatic heterocycles. The highest BCUT2D eigenvalue weighted by Crippen LogP contribution is 2.28. The largest absolute Gasteiger partial charge is 0.338 e. The van der Waals surface area contributed by atoms with Gasteiger partial charge in [0.1, 0.15) is 0 Å². The number of halogens is 2. The number of hydrogen-bond acceptors (Lipinski definition) is 3. The van der Waals surface area contributed by atoms with E-state index < -0.39 is 0 Å². The lowest BCUT2D eigenvalue weighted by molar-refractivity contribution is -0.118. The van der Waals surface area contributed by atoms with E-state index in [0.717, 1.165) is 38.4 Å². The van der Waals surface area contributed by atoms with Gasteiger partial charge in [-0.2, -0.15) is 0 Å². The Morgan fingerprint density at radius 3 is 2.44 bits per heavy atom. The van der Waals surface area contributed by atoms with Crippen molar-refractivity contribution in [2.75, 3.05) is 25.0 Å². The third-order valence-electron chi connectivity index (χ3n) is 5.16. The number of benzene rings is 1. The molecule has 5 nitrogen and oxygen atoms in total. The number of carbonyl (C=O) groups is 2. The van der Waals surface area contributed by atoms with Crippen molar-refractivity contribution in [1.82, 2.24) is 10.2 Å². The van der Waals surface area contributed by atoms with Gasteiger partial charge in [0.05, 0.1) is 10.6 Å². The molecular weight excluding hydrogens is 385 g/mol. The summed E-state index contributed by atoms with van der Waals surface area (Å²) in [6.45, 7) is 6.25. The SMILES string of the molecule is CC(C)C(=O)Nc1ccc(Cl)c(C(=O)N2CCC(NCC3CC3)CC2)c1.Cl. The van der Waals surface area contributed by atoms with Gasteiger partial charge in [-0.3, -0.25) is 9.59 Å². The Labute approximate surface area is 172 Å². The van der Waals surface area contributed by atoms with E-state index in [2.05, 4.69) is 10.6 Å². The maximum absolute atomic E-state index is 12.9. The molecule has 0 spiro atoms. The van der Waals surface area contributed by atoms with E-state index in [0.29, 0.717) is 22.3 Å². The van der Waals surface area contributed by atoms with Crippen LogP contribution in [0.2, 0.25) is 5.02 Å². The summed E-state index contributed by atoms with van der Waals surface area (Å²) in [7, 11) is 0. The number of nitrogens with zero attached hydrogens (tertiary/aromatic N) is 1. The predicted octanol–water partition coefficient (Wildman–Crippen LogP) is 3.96. The van der Waals surface area contributed by atoms with Crippen molar-refractivity contribution in [1.29, 1.82) is 0 Å². The van der Waals surface area contributed by atoms with E-state index in [1.54, 1.807) is 18.2 Å². The lowest BCUT2D eigenvalue weighted by Gasteiger charge is -2.33. The standard InChI is InChI=1S/C20H28ClN3O2.ClH/c1-13(2)19(25)23-16-5-6-18(21)17(11-16)20(26)24-9-7-15(8-10-24)22-12-14-3-4-14;/h5-6,11,13-15,22H,3-4,7-10,12H2,1-2H3,(H,23,25);1H. The minimum atomic E-state index is -0.119. The van der Waals surface area contributed by atoms with Crippen LogP contribution in [0.4, 0.5) is 5.69 Å². The first kappa shape index (κ1) is 22.0. The first-order chi connectivity index (χ1) is 12.4. The van der Waals surface area contributed by atoms with Crippen molar-refractivity contribution in [3.63, 3.8) is 0 Å². The van der Waals surface area contributed by atoms with Crippen LogP contribution < -0.4 is 10.6 Å². The number of carbonyl (C=O) groups excluding carboxylic acids is 2. The lowest BCUT2D eigenvalue weighted by atomic mass is 10.0. The van der Waals surface area contributed by atoms with Crippen LogP contribution in [0, 0.1) is 11.8 Å². The first-order valence-electron chi connectivity index (χ1n) is 9.57. The second kappa shape index (κ2) is 9.76. The fourth-order valence-electron chi connectivity index (χ4n) is 3.17. The highest BCUT2D eigenvalue weighted by atomic mass is 35.5. The highest BCUT2D eigenvalue weighted by molar-refractivity contribution is 6.34. The van der Waals surface area contributed by atoms with Gasteiger partial charge in [-0.05, 0) is 56.3 Å². The van der Waals surface area contributed by atoms with Gasteiger partial charge in [-0.1, -0.05) is 25.4 Å². The van der Waals surface area contributed by atoms with Gasteiger partial charge in [-0.25, -0.2) is 0 Å². The van der Waals surface area contributed by atoms with Crippen molar-refractivity contribution in [3.05, 3.63) is 28.8 Å². The van der Waals surface area contributed by atoms with Crippen LogP contribution in [0.3, 0.4) is 0 Å². The number of likely N-dealkylation sites (tertiary alicyclic amines) is 1. The van der Waals surface area contributed by atoms with Gasteiger partial charge in [0, 0.05) is 30.7 Å². The summed E-state index contributed by atoms with van der Waals surface area (Å²) in [6, 6.07) is 5.59. The number of piperidine rings is 1. The van der Waals surface area contributed by atoms with Gasteiger partial charge < -0.3 is 15.5 Å². The molecule has 1 heterocycles. The normalized spacial score (nSPS) is 17.6. The molecule has 1 aromatic carbocycles. The summed E-state index contributed by atoms with van der Waals surface area (Å²) in [6.07, 6.45) is 4.65. The second-order valence-corrected chi connectivity index (χ2v) is 8.16. The van der Waals surface area contributed by atoms with Crippen LogP contribution in [0.1, 0.15) is 49.9 Å². The summed E-state index contributed by atoms with van der Waals surface area (Å²) in [5.74, 6) is 0.619. The summed E-state index contributed by atoms with van der Waals surface area (Å²) in [5.41, 5.74) is 1.06. The molecule has 0 unspecified atom stereocenters. The first-order valence-corrected chi connectivity index (χ1v) is 9.95. The Bertz CT molecular complexity index is 669. The van der Waals surface area contributed by atoms with Crippen LogP contribution in [-0.2, 0) is 4.79 Å². The molecule has 1 saturated carbocycles. The number of amides is 2. The van der Waals surface area contributed by atoms with Gasteiger partial charge >= 0.3 is 0 Å². The predicted molar refractivity (Wildman–Crippen MR) is 112 cm³/mol. The van der Waals surface area contributed by atoms with E-state index in [1.807, 2.05) is 18.7 Å². The highest BCUT2D eigenvalue weighted by Gasteiger charge is 2.27. The Morgan fingerprint density at radius 1 is 1.19 bits per heavy atom. The van der Waals surface area contributed by atoms with Crippen LogP contribution in [0.25, 0.3) is 0 Å². The van der Waals surface area contributed by atoms with Crippen molar-refractivity contribution in [2.45, 2.75) is 45.6 Å². The van der Waals surface area contributed by atoms with E-state index in [4.69, 9.17) is 11.6 Å². The fourth-order valence-corrected chi connectivity index (χ4v) is 3.36. The summed E-state index contributed by atoms with van der Waals surface area (Å²) >= 11 is 6.26. The van der Waals surface area contributed by atoms with Crippen molar-refractivity contribution in [2.24, 2.45) is 11.8 Å². The molecule has 2 amide bonds. The van der Waals surface area contributed by atoms with Crippen molar-refractivity contribution < 1.29 is 9.59 Å². The van der Waals surface area contributed by atoms with Crippen LogP contribution >= 0.6 is 24.0 Å². The zero-order chi connectivity index (χ0) is 18.7. The van der Waals surface area contributed by atoms with Crippen molar-refractivity contribution in [3.8, 4) is 0 Å². The molecule has 3 rings (SSSR count). The van der Waals surface area contributed by atoms with Crippen LogP contribution in [-0.4, -0.2) is 42.4 Å². The van der Waals surface area contributed by atoms with Crippen LogP contribution in [0.5, 0.6) is 0 Å². The van der Waals surface area contributed by atoms with E-state index in [1.165, 1.54) is 12.8 Å². The maximum atomic E-state index is 12.9. The molecular formula is C20H29Cl2N3O2. The van der Waals surface area contributed by atoms with E-state index >= 15 is 0 Å². The molecule has 0 bridgehead atoms. The molecule has 2 aliphatic rings. The molecule has 7 heteroatoms. The Balaban J connectivity index is 0.00000261. The molecule has 1 aromatic rings. The molecule has 1 saturated heterocycles. The molecule has 0 atom stereocenters. The monoisotopic (exact) mass is 413 g/mol. The summed E-state index contributed by atoms with van der Waals surface area (Å²) in [4.78, 5) is 26.6. The fraction of sp³-hybridized carbons (Fsp3) is 0.600. The maximum Gasteiger partial charge on any atom is 0.255 e. The minimum absolute atomic E-state index is 0. The zero-order valence-electron chi connectivity index (χ0n) is 16.0. The average Bonchev–Trinajstić information content (AvgIpc) is 3.46. The number of anilines is 1. The number of hydrogen-bond donors (Lipinski definition) is 2. The molecule has 150 valence electrons. The number of nitrogens with one attached hydrogen (secondary N) is 2. The molecule has 0 aromatic heterocycles. The molecule has 0 radical (unpaired) electrons. The Morgan fingerprint density at radius 2 is 1.85 bits per heavy atom. The van der Waals surface area contributed by atoms with Gasteiger partial charge in [-0.15, -0.1) is 12.4 Å². The second-order valence-electron chi connectivity index (χ2n) is 7.76. The summed E-state index contributed by atoms with van der Waals surface area (Å²) in [5, 5.41) is 6.88. The number of rotatable bonds is 6. The molecule has 1 aliphatic carbocycles. The molecule has 2 fully saturated rings. The molecule has 27 heavy (non-hydrogen) atoms. The van der Waals surface area contributed by atoms with Crippen LogP contribution in [0.15, 0.2) is 18.2 Å². The van der Waals surface area contributed by atoms with E-state index in [9.17, 15) is 9.59 Å². The third-order valence-corrected chi connectivity index (χ3v) is 5.49. The minimum Gasteiger partial charge on any atom is -0.338 e. The smallest absolute Gasteiger partial charge is 0.255 e. The Kier molecular flexibility index (Phi) is 7.95. The zero-order valence-corrected chi connectivity index (χ0v) is 17.5. The topological polar surface area (TPSA) is 61.4 Å². The average molecular weight is 414 g/mol. The van der Waals surface area contributed by atoms with Gasteiger partial charge in [0.25, 0.3) is 5.91 Å². The van der Waals surface area contributed by atoms with Crippen molar-refractivity contribution >= 4 is 41.5 Å². The third kappa shape index (κ3) is 6.09. The lowest BCUT2D eigenvalue weighted by Crippen LogP contribution is -2.45. The van der Waals surface area contributed by atoms with Gasteiger partial charge in [0.15, 0.2) is 0 Å². The van der Waals surface area contributed by atoms with E-state index in [-0.39, 0.29) is 30.1 Å². The molecule has 2 N–H and O–H groups in total. The summed E-state index contributed by atoms with van der Waals surface area (Å²) < 4.78 is 0. The van der Waals surface area contributed by atoms with Gasteiger partial charge in [0.2, 0.25) is 5.91 Å².